The van der Waals surface area contributed by atoms with Crippen LogP contribution in [0.1, 0.15) is 27.0 Å². The Bertz CT molecular complexity index is 933. The van der Waals surface area contributed by atoms with E-state index in [4.69, 9.17) is 4.99 Å². The summed E-state index contributed by atoms with van der Waals surface area (Å²) in [6.07, 6.45) is 0. The Morgan fingerprint density at radius 1 is 0.769 bits per heavy atom. The summed E-state index contributed by atoms with van der Waals surface area (Å²) in [5, 5.41) is 0. The third-order valence-corrected chi connectivity index (χ3v) is 4.60. The van der Waals surface area contributed by atoms with E-state index in [0.717, 1.165) is 22.4 Å². The molecule has 1 heterocycles. The maximum atomic E-state index is 13.2. The van der Waals surface area contributed by atoms with Crippen molar-refractivity contribution < 1.29 is 4.79 Å². The van der Waals surface area contributed by atoms with Crippen LogP contribution in [0, 0.1) is 0 Å². The molecule has 26 heavy (non-hydrogen) atoms. The van der Waals surface area contributed by atoms with Crippen molar-refractivity contribution in [2.45, 2.75) is 6.54 Å². The number of fused-ring (bicyclic) bond motifs is 1. The molecule has 0 unspecified atom stereocenters. The number of rotatable bonds is 3. The van der Waals surface area contributed by atoms with E-state index in [-0.39, 0.29) is 5.91 Å². The lowest BCUT2D eigenvalue weighted by molar-refractivity contribution is 0.0747. The van der Waals surface area contributed by atoms with Crippen molar-refractivity contribution in [1.29, 1.82) is 0 Å². The molecule has 0 aliphatic carbocycles. The van der Waals surface area contributed by atoms with Gasteiger partial charge in [0, 0.05) is 29.8 Å². The molecule has 0 spiro atoms. The molecule has 1 aliphatic rings. The molecule has 0 radical (unpaired) electrons. The molecule has 0 saturated heterocycles. The van der Waals surface area contributed by atoms with Gasteiger partial charge in [-0.25, -0.2) is 0 Å². The molecule has 4 rings (SSSR count). The molecule has 1 aliphatic heterocycles. The SMILES string of the molecule is O=C1c2ccccc2C(c2ccccc2)=NCCN1Cc1ccccc1. The average molecular weight is 340 g/mol. The van der Waals surface area contributed by atoms with E-state index in [9.17, 15) is 4.79 Å². The van der Waals surface area contributed by atoms with Crippen molar-refractivity contribution in [1.82, 2.24) is 4.90 Å². The van der Waals surface area contributed by atoms with E-state index in [2.05, 4.69) is 12.1 Å². The fourth-order valence-electron chi connectivity index (χ4n) is 3.31. The molecule has 3 aromatic rings. The predicted octanol–water partition coefficient (Wildman–Crippen LogP) is 4.18. The van der Waals surface area contributed by atoms with E-state index < -0.39 is 0 Å². The lowest BCUT2D eigenvalue weighted by Crippen LogP contribution is -2.35. The summed E-state index contributed by atoms with van der Waals surface area (Å²) >= 11 is 0. The van der Waals surface area contributed by atoms with Gasteiger partial charge in [0.2, 0.25) is 0 Å². The summed E-state index contributed by atoms with van der Waals surface area (Å²) in [5.74, 6) is 0.0628. The van der Waals surface area contributed by atoms with Crippen molar-refractivity contribution >= 4 is 11.6 Å². The first kappa shape index (κ1) is 16.3. The van der Waals surface area contributed by atoms with Crippen LogP contribution >= 0.6 is 0 Å². The van der Waals surface area contributed by atoms with Crippen LogP contribution in [0.15, 0.2) is 89.9 Å². The Balaban J connectivity index is 1.73. The normalized spacial score (nSPS) is 14.2. The average Bonchev–Trinajstić information content (AvgIpc) is 2.70. The molecule has 1 amide bonds. The summed E-state index contributed by atoms with van der Waals surface area (Å²) in [6, 6.07) is 28.0. The fourth-order valence-corrected chi connectivity index (χ4v) is 3.31. The van der Waals surface area contributed by atoms with Gasteiger partial charge in [-0.05, 0) is 11.6 Å². The van der Waals surface area contributed by atoms with Crippen LogP contribution in [0.5, 0.6) is 0 Å². The number of benzene rings is 3. The molecular formula is C23H20N2O. The largest absolute Gasteiger partial charge is 0.332 e. The highest BCUT2D eigenvalue weighted by Crippen LogP contribution is 2.20. The van der Waals surface area contributed by atoms with Crippen molar-refractivity contribution in [2.75, 3.05) is 13.1 Å². The smallest absolute Gasteiger partial charge is 0.254 e. The van der Waals surface area contributed by atoms with E-state index in [1.807, 2.05) is 77.7 Å². The molecule has 0 bridgehead atoms. The van der Waals surface area contributed by atoms with Gasteiger partial charge in [-0.15, -0.1) is 0 Å². The lowest BCUT2D eigenvalue weighted by atomic mass is 9.96. The van der Waals surface area contributed by atoms with Gasteiger partial charge in [0.25, 0.3) is 5.91 Å². The van der Waals surface area contributed by atoms with Crippen LogP contribution < -0.4 is 0 Å². The van der Waals surface area contributed by atoms with Crippen LogP contribution in [0.25, 0.3) is 0 Å². The molecule has 0 aromatic heterocycles. The van der Waals surface area contributed by atoms with E-state index in [1.54, 1.807) is 0 Å². The van der Waals surface area contributed by atoms with Gasteiger partial charge in [0.05, 0.1) is 12.3 Å². The second kappa shape index (κ2) is 7.36. The monoisotopic (exact) mass is 340 g/mol. The molecular weight excluding hydrogens is 320 g/mol. The minimum Gasteiger partial charge on any atom is -0.332 e. The maximum Gasteiger partial charge on any atom is 0.254 e. The molecule has 3 aromatic carbocycles. The Morgan fingerprint density at radius 3 is 2.12 bits per heavy atom. The lowest BCUT2D eigenvalue weighted by Gasteiger charge is -2.26. The van der Waals surface area contributed by atoms with E-state index >= 15 is 0 Å². The van der Waals surface area contributed by atoms with Crippen LogP contribution in [-0.4, -0.2) is 29.6 Å². The van der Waals surface area contributed by atoms with Gasteiger partial charge in [-0.2, -0.15) is 0 Å². The third-order valence-electron chi connectivity index (χ3n) is 4.60. The Kier molecular flexibility index (Phi) is 4.61. The molecule has 3 nitrogen and oxygen atoms in total. The minimum absolute atomic E-state index is 0.0628. The zero-order chi connectivity index (χ0) is 17.8. The highest BCUT2D eigenvalue weighted by Gasteiger charge is 2.23. The topological polar surface area (TPSA) is 32.7 Å². The summed E-state index contributed by atoms with van der Waals surface area (Å²) in [6.45, 7) is 1.81. The van der Waals surface area contributed by atoms with Crippen molar-refractivity contribution in [2.24, 2.45) is 4.99 Å². The Hall–Kier alpha value is -3.20. The maximum absolute atomic E-state index is 13.2. The second-order valence-electron chi connectivity index (χ2n) is 6.35. The van der Waals surface area contributed by atoms with E-state index in [0.29, 0.717) is 25.2 Å². The molecule has 3 heteroatoms. The van der Waals surface area contributed by atoms with Gasteiger partial charge in [-0.1, -0.05) is 78.9 Å². The zero-order valence-corrected chi connectivity index (χ0v) is 14.5. The van der Waals surface area contributed by atoms with Crippen LogP contribution in [-0.2, 0) is 6.54 Å². The number of aliphatic imine (C=N–C) groups is 1. The molecule has 0 N–H and O–H groups in total. The van der Waals surface area contributed by atoms with Crippen molar-refractivity contribution in [3.63, 3.8) is 0 Å². The van der Waals surface area contributed by atoms with Crippen LogP contribution in [0.3, 0.4) is 0 Å². The molecule has 0 atom stereocenters. The summed E-state index contributed by atoms with van der Waals surface area (Å²) < 4.78 is 0. The highest BCUT2D eigenvalue weighted by molar-refractivity contribution is 6.18. The number of amides is 1. The first-order chi connectivity index (χ1) is 12.8. The Labute approximate surface area is 153 Å². The van der Waals surface area contributed by atoms with Crippen LogP contribution in [0.4, 0.5) is 0 Å². The van der Waals surface area contributed by atoms with E-state index in [1.165, 1.54) is 0 Å². The van der Waals surface area contributed by atoms with Gasteiger partial charge in [-0.3, -0.25) is 9.79 Å². The van der Waals surface area contributed by atoms with Gasteiger partial charge in [0.1, 0.15) is 0 Å². The minimum atomic E-state index is 0.0628. The summed E-state index contributed by atoms with van der Waals surface area (Å²) in [4.78, 5) is 20.0. The summed E-state index contributed by atoms with van der Waals surface area (Å²) in [7, 11) is 0. The van der Waals surface area contributed by atoms with Crippen molar-refractivity contribution in [3.8, 4) is 0 Å². The number of hydrogen-bond donors (Lipinski definition) is 0. The number of nitrogens with zero attached hydrogens (tertiary/aromatic N) is 2. The quantitative estimate of drug-likeness (QED) is 0.704. The van der Waals surface area contributed by atoms with Gasteiger partial charge < -0.3 is 4.90 Å². The second-order valence-corrected chi connectivity index (χ2v) is 6.35. The third kappa shape index (κ3) is 3.29. The van der Waals surface area contributed by atoms with Gasteiger partial charge in [0.15, 0.2) is 0 Å². The highest BCUT2D eigenvalue weighted by atomic mass is 16.2. The Morgan fingerprint density at radius 2 is 1.38 bits per heavy atom. The number of carbonyl (C=O) groups excluding carboxylic acids is 1. The number of hydrogen-bond acceptors (Lipinski definition) is 2. The molecule has 0 saturated carbocycles. The fraction of sp³-hybridized carbons (Fsp3) is 0.130. The first-order valence-corrected chi connectivity index (χ1v) is 8.85. The van der Waals surface area contributed by atoms with Gasteiger partial charge >= 0.3 is 0 Å². The van der Waals surface area contributed by atoms with Crippen molar-refractivity contribution in [3.05, 3.63) is 107 Å². The zero-order valence-electron chi connectivity index (χ0n) is 14.5. The molecule has 128 valence electrons. The number of carbonyl (C=O) groups is 1. The first-order valence-electron chi connectivity index (χ1n) is 8.85. The van der Waals surface area contributed by atoms with Crippen LogP contribution in [0.2, 0.25) is 0 Å². The predicted molar refractivity (Wildman–Crippen MR) is 105 cm³/mol. The standard InChI is InChI=1S/C23H20N2O/c26-23-21-14-8-7-13-20(21)22(19-11-5-2-6-12-19)24-15-16-25(23)17-18-9-3-1-4-10-18/h1-14H,15-17H2. The molecule has 0 fully saturated rings. The summed E-state index contributed by atoms with van der Waals surface area (Å²) in [5.41, 5.74) is 4.69.